The lowest BCUT2D eigenvalue weighted by Crippen LogP contribution is -2.38. The maximum atomic E-state index is 13.5. The van der Waals surface area contributed by atoms with Gasteiger partial charge in [-0.1, -0.05) is 17.7 Å². The van der Waals surface area contributed by atoms with Crippen LogP contribution in [0.1, 0.15) is 63.4 Å². The van der Waals surface area contributed by atoms with E-state index in [0.29, 0.717) is 25.9 Å². The molecule has 206 valence electrons. The van der Waals surface area contributed by atoms with E-state index in [1.807, 2.05) is 4.90 Å². The van der Waals surface area contributed by atoms with E-state index in [9.17, 15) is 14.7 Å². The van der Waals surface area contributed by atoms with Crippen LogP contribution in [0, 0.1) is 0 Å². The highest BCUT2D eigenvalue weighted by atomic mass is 32.2. The van der Waals surface area contributed by atoms with Crippen LogP contribution in [0.4, 0.5) is 5.82 Å². The Kier molecular flexibility index (Phi) is 10.1. The minimum absolute atomic E-state index is 0.00875. The van der Waals surface area contributed by atoms with Crippen molar-refractivity contribution < 1.29 is 14.7 Å². The molecule has 1 fully saturated rings. The van der Waals surface area contributed by atoms with Gasteiger partial charge >= 0.3 is 0 Å². The molecule has 0 radical (unpaired) electrons. The van der Waals surface area contributed by atoms with Crippen molar-refractivity contribution in [1.29, 1.82) is 0 Å². The first-order chi connectivity index (χ1) is 18.3. The van der Waals surface area contributed by atoms with E-state index >= 15 is 0 Å². The number of aliphatic hydroxyl groups is 1. The second kappa shape index (κ2) is 13.5. The minimum atomic E-state index is -0.269. The fraction of sp³-hybridized carbons (Fsp3) is 0.567. The summed E-state index contributed by atoms with van der Waals surface area (Å²) < 4.78 is 0. The number of rotatable bonds is 10. The fourth-order valence-electron chi connectivity index (χ4n) is 5.28. The Morgan fingerprint density at radius 2 is 1.87 bits per heavy atom. The average Bonchev–Trinajstić information content (AvgIpc) is 2.94. The van der Waals surface area contributed by atoms with Crippen LogP contribution in [-0.2, 0) is 16.1 Å². The van der Waals surface area contributed by atoms with Crippen LogP contribution in [-0.4, -0.2) is 77.8 Å². The van der Waals surface area contributed by atoms with E-state index in [1.54, 1.807) is 30.8 Å². The number of hydrogen-bond donors (Lipinski definition) is 1. The second-order valence-electron chi connectivity index (χ2n) is 10.7. The molecule has 0 bridgehead atoms. The smallest absolute Gasteiger partial charge is 0.223 e. The fourth-order valence-corrected chi connectivity index (χ4v) is 5.71. The van der Waals surface area contributed by atoms with Crippen molar-refractivity contribution in [2.45, 2.75) is 75.3 Å². The summed E-state index contributed by atoms with van der Waals surface area (Å²) in [4.78, 5) is 37.7. The number of piperidine rings is 1. The summed E-state index contributed by atoms with van der Waals surface area (Å²) in [6.07, 6.45) is 11.6. The normalized spacial score (nSPS) is 16.4. The van der Waals surface area contributed by atoms with Gasteiger partial charge in [0.15, 0.2) is 0 Å². The monoisotopic (exact) mass is 538 g/mol. The summed E-state index contributed by atoms with van der Waals surface area (Å²) in [6, 6.07) is 8.52. The number of thioether (sulfide) groups is 1. The van der Waals surface area contributed by atoms with Crippen molar-refractivity contribution in [3.05, 3.63) is 41.5 Å². The molecular formula is C30H42N4O3S. The van der Waals surface area contributed by atoms with Crippen LogP contribution in [0.3, 0.4) is 0 Å². The highest BCUT2D eigenvalue weighted by Crippen LogP contribution is 2.30. The summed E-state index contributed by atoms with van der Waals surface area (Å²) in [5, 5.41) is 11.2. The molecule has 2 heterocycles. The summed E-state index contributed by atoms with van der Waals surface area (Å²) in [5.41, 5.74) is 3.41. The Hall–Kier alpha value is -2.58. The van der Waals surface area contributed by atoms with Gasteiger partial charge < -0.3 is 19.8 Å². The van der Waals surface area contributed by atoms with Gasteiger partial charge in [-0.2, -0.15) is 0 Å². The number of allylic oxidation sites excluding steroid dienone is 1. The minimum Gasteiger partial charge on any atom is -0.393 e. The molecule has 0 saturated carbocycles. The van der Waals surface area contributed by atoms with Crippen molar-refractivity contribution in [3.63, 3.8) is 0 Å². The summed E-state index contributed by atoms with van der Waals surface area (Å²) in [7, 11) is 3.45. The third-order valence-corrected chi connectivity index (χ3v) is 8.42. The lowest BCUT2D eigenvalue weighted by molar-refractivity contribution is -0.136. The molecule has 1 aromatic heterocycles. The molecule has 1 aliphatic carbocycles. The van der Waals surface area contributed by atoms with E-state index in [2.05, 4.69) is 41.5 Å². The number of benzene rings is 1. The van der Waals surface area contributed by atoms with E-state index < -0.39 is 0 Å². The molecule has 2 aromatic rings. The molecule has 1 saturated heterocycles. The Morgan fingerprint density at radius 3 is 2.55 bits per heavy atom. The Balaban J connectivity index is 1.63. The maximum Gasteiger partial charge on any atom is 0.223 e. The number of hydrogen-bond acceptors (Lipinski definition) is 6. The summed E-state index contributed by atoms with van der Waals surface area (Å²) >= 11 is 1.70. The number of carbonyl (C=O) groups excluding carboxylic acids is 2. The van der Waals surface area contributed by atoms with E-state index in [1.165, 1.54) is 23.3 Å². The van der Waals surface area contributed by atoms with Crippen LogP contribution < -0.4 is 4.90 Å². The second-order valence-corrected chi connectivity index (χ2v) is 11.6. The number of nitrogens with zero attached hydrogens (tertiary/aromatic N) is 4. The average molecular weight is 539 g/mol. The SMILES string of the molecule is CSc1ccc2cc(CN(CCC3=CCCCC3)C(=O)CCC(=O)N(C)C)c(N3CCC(O)CC3)nc2c1. The Morgan fingerprint density at radius 1 is 1.11 bits per heavy atom. The van der Waals surface area contributed by atoms with E-state index in [4.69, 9.17) is 4.98 Å². The maximum absolute atomic E-state index is 13.5. The van der Waals surface area contributed by atoms with Crippen LogP contribution in [0.25, 0.3) is 10.9 Å². The molecule has 2 aliphatic rings. The molecular weight excluding hydrogens is 496 g/mol. The number of carbonyl (C=O) groups is 2. The standard InChI is InChI=1S/C30H42N4O3S/c1-32(2)28(36)11-12-29(37)34(16-13-22-7-5-4-6-8-22)21-24-19-23-9-10-26(38-3)20-27(23)31-30(24)33-17-14-25(35)15-18-33/h7,9-10,19-20,25,35H,4-6,8,11-18,21H2,1-3H3. The molecule has 4 rings (SSSR count). The molecule has 38 heavy (non-hydrogen) atoms. The van der Waals surface area contributed by atoms with Gasteiger partial charge in [0.25, 0.3) is 0 Å². The molecule has 1 N–H and O–H groups in total. The Bertz CT molecular complexity index is 1160. The molecule has 1 aromatic carbocycles. The first-order valence-corrected chi connectivity index (χ1v) is 15.1. The molecule has 0 atom stereocenters. The zero-order valence-electron chi connectivity index (χ0n) is 23.1. The number of aliphatic hydroxyl groups excluding tert-OH is 1. The number of fused-ring (bicyclic) bond motifs is 1. The lowest BCUT2D eigenvalue weighted by atomic mass is 9.97. The van der Waals surface area contributed by atoms with Crippen LogP contribution >= 0.6 is 11.8 Å². The number of aromatic nitrogens is 1. The van der Waals surface area contributed by atoms with Crippen LogP contribution in [0.5, 0.6) is 0 Å². The number of anilines is 1. The zero-order valence-corrected chi connectivity index (χ0v) is 23.9. The molecule has 7 nitrogen and oxygen atoms in total. The first-order valence-electron chi connectivity index (χ1n) is 13.9. The van der Waals surface area contributed by atoms with Gasteiger partial charge in [0.1, 0.15) is 5.82 Å². The molecule has 8 heteroatoms. The van der Waals surface area contributed by atoms with E-state index in [0.717, 1.165) is 54.6 Å². The molecule has 1 aliphatic heterocycles. The van der Waals surface area contributed by atoms with Crippen molar-refractivity contribution in [2.75, 3.05) is 44.9 Å². The molecule has 0 unspecified atom stereocenters. The lowest BCUT2D eigenvalue weighted by Gasteiger charge is -2.33. The van der Waals surface area contributed by atoms with Crippen molar-refractivity contribution >= 4 is 40.3 Å². The van der Waals surface area contributed by atoms with Gasteiger partial charge in [0.05, 0.1) is 11.6 Å². The molecule has 2 amide bonds. The predicted molar refractivity (Wildman–Crippen MR) is 155 cm³/mol. The van der Waals surface area contributed by atoms with Crippen molar-refractivity contribution in [1.82, 2.24) is 14.8 Å². The third-order valence-electron chi connectivity index (χ3n) is 7.70. The highest BCUT2D eigenvalue weighted by Gasteiger charge is 2.24. The highest BCUT2D eigenvalue weighted by molar-refractivity contribution is 7.98. The van der Waals surface area contributed by atoms with Crippen molar-refractivity contribution in [2.24, 2.45) is 0 Å². The van der Waals surface area contributed by atoms with Gasteiger partial charge in [-0.3, -0.25) is 9.59 Å². The van der Waals surface area contributed by atoms with Gasteiger partial charge in [0, 0.05) is 69.0 Å². The van der Waals surface area contributed by atoms with Crippen molar-refractivity contribution in [3.8, 4) is 0 Å². The first kappa shape index (κ1) is 28.4. The number of amides is 2. The Labute approximate surface area is 231 Å². The van der Waals surface area contributed by atoms with Gasteiger partial charge in [-0.15, -0.1) is 11.8 Å². The summed E-state index contributed by atoms with van der Waals surface area (Å²) in [6.45, 7) is 2.59. The van der Waals surface area contributed by atoms with Gasteiger partial charge in [0.2, 0.25) is 11.8 Å². The topological polar surface area (TPSA) is 77.0 Å². The van der Waals surface area contributed by atoms with Crippen LogP contribution in [0.2, 0.25) is 0 Å². The van der Waals surface area contributed by atoms with Gasteiger partial charge in [-0.05, 0) is 69.4 Å². The van der Waals surface area contributed by atoms with Crippen LogP contribution in [0.15, 0.2) is 40.8 Å². The van der Waals surface area contributed by atoms with Gasteiger partial charge in [-0.25, -0.2) is 4.98 Å². The predicted octanol–water partition coefficient (Wildman–Crippen LogP) is 5.01. The summed E-state index contributed by atoms with van der Waals surface area (Å²) in [5.74, 6) is 0.883. The van der Waals surface area contributed by atoms with E-state index in [-0.39, 0.29) is 30.8 Å². The molecule has 0 spiro atoms. The quantitative estimate of drug-likeness (QED) is 0.339. The third kappa shape index (κ3) is 7.50. The number of pyridine rings is 1. The zero-order chi connectivity index (χ0) is 27.1. The largest absolute Gasteiger partial charge is 0.393 e.